The van der Waals surface area contributed by atoms with Gasteiger partial charge < -0.3 is 20.1 Å². The largest absolute Gasteiger partial charge is 0.460 e. The fourth-order valence-electron chi connectivity index (χ4n) is 2.10. The smallest absolute Gasteiger partial charge is 0.407 e. The average molecular weight is 370 g/mol. The van der Waals surface area contributed by atoms with Crippen LogP contribution in [0.5, 0.6) is 0 Å². The first-order chi connectivity index (χ1) is 13.1. The van der Waals surface area contributed by atoms with E-state index in [4.69, 9.17) is 9.47 Å². The molecule has 2 aromatic rings. The quantitative estimate of drug-likeness (QED) is 0.660. The Hall–Kier alpha value is -3.35. The van der Waals surface area contributed by atoms with Crippen LogP contribution in [0.25, 0.3) is 0 Å². The monoisotopic (exact) mass is 370 g/mol. The van der Waals surface area contributed by atoms with Gasteiger partial charge in [0.05, 0.1) is 0 Å². The Kier molecular flexibility index (Phi) is 8.36. The summed E-state index contributed by atoms with van der Waals surface area (Å²) in [6.45, 7) is 0.207. The lowest BCUT2D eigenvalue weighted by Crippen LogP contribution is -2.34. The van der Waals surface area contributed by atoms with Crippen LogP contribution >= 0.6 is 0 Å². The summed E-state index contributed by atoms with van der Waals surface area (Å²) >= 11 is 0. The maximum atomic E-state index is 11.7. The molecule has 0 aliphatic rings. The first kappa shape index (κ1) is 20.0. The van der Waals surface area contributed by atoms with E-state index in [1.807, 2.05) is 60.7 Å². The number of carbonyl (C=O) groups excluding carboxylic acids is 3. The lowest BCUT2D eigenvalue weighted by molar-refractivity contribution is -0.145. The van der Waals surface area contributed by atoms with Crippen molar-refractivity contribution in [3.8, 4) is 0 Å². The molecule has 142 valence electrons. The van der Waals surface area contributed by atoms with Gasteiger partial charge in [0.1, 0.15) is 19.8 Å². The van der Waals surface area contributed by atoms with Crippen molar-refractivity contribution in [2.45, 2.75) is 19.6 Å². The Morgan fingerprint density at radius 2 is 1.30 bits per heavy atom. The summed E-state index contributed by atoms with van der Waals surface area (Å²) in [7, 11) is 0. The molecule has 2 rings (SSSR count). The summed E-state index contributed by atoms with van der Waals surface area (Å²) in [4.78, 5) is 34.8. The van der Waals surface area contributed by atoms with Gasteiger partial charge in [0.2, 0.25) is 5.91 Å². The molecule has 0 fully saturated rings. The van der Waals surface area contributed by atoms with Crippen LogP contribution in [0.2, 0.25) is 0 Å². The molecule has 2 N–H and O–H groups in total. The molecule has 0 saturated carbocycles. The minimum atomic E-state index is -0.603. The predicted octanol–water partition coefficient (Wildman–Crippen LogP) is 2.16. The zero-order valence-corrected chi connectivity index (χ0v) is 14.9. The second-order valence-electron chi connectivity index (χ2n) is 5.66. The molecular weight excluding hydrogens is 348 g/mol. The predicted molar refractivity (Wildman–Crippen MR) is 98.5 cm³/mol. The Balaban J connectivity index is 1.52. The first-order valence-corrected chi connectivity index (χ1v) is 8.54. The van der Waals surface area contributed by atoms with Crippen molar-refractivity contribution < 1.29 is 23.9 Å². The summed E-state index contributed by atoms with van der Waals surface area (Å²) in [5.41, 5.74) is 1.75. The molecule has 0 saturated heterocycles. The van der Waals surface area contributed by atoms with Crippen LogP contribution in [0.4, 0.5) is 4.79 Å². The minimum absolute atomic E-state index is 0.0341. The molecule has 0 bridgehead atoms. The lowest BCUT2D eigenvalue weighted by atomic mass is 10.2. The fourth-order valence-corrected chi connectivity index (χ4v) is 2.10. The summed E-state index contributed by atoms with van der Waals surface area (Å²) < 4.78 is 10.1. The molecule has 0 aliphatic heterocycles. The zero-order valence-electron chi connectivity index (χ0n) is 14.9. The van der Waals surface area contributed by atoms with E-state index in [9.17, 15) is 14.4 Å². The maximum Gasteiger partial charge on any atom is 0.407 e. The molecule has 7 heteroatoms. The van der Waals surface area contributed by atoms with Crippen LogP contribution in [0.15, 0.2) is 60.7 Å². The van der Waals surface area contributed by atoms with Gasteiger partial charge in [-0.25, -0.2) is 4.79 Å². The number of hydrogen-bond donors (Lipinski definition) is 2. The van der Waals surface area contributed by atoms with Crippen molar-refractivity contribution in [2.24, 2.45) is 0 Å². The van der Waals surface area contributed by atoms with E-state index in [-0.39, 0.29) is 38.6 Å². The van der Waals surface area contributed by atoms with E-state index in [1.54, 1.807) is 0 Å². The van der Waals surface area contributed by atoms with Crippen molar-refractivity contribution in [1.82, 2.24) is 10.6 Å². The minimum Gasteiger partial charge on any atom is -0.460 e. The molecule has 2 aromatic carbocycles. The second kappa shape index (κ2) is 11.3. The van der Waals surface area contributed by atoms with Crippen LogP contribution in [0.3, 0.4) is 0 Å². The van der Waals surface area contributed by atoms with E-state index in [0.717, 1.165) is 11.1 Å². The summed E-state index contributed by atoms with van der Waals surface area (Å²) in [5.74, 6) is -0.891. The number of carbonyl (C=O) groups is 3. The van der Waals surface area contributed by atoms with E-state index < -0.39 is 12.1 Å². The van der Waals surface area contributed by atoms with Crippen molar-refractivity contribution in [3.63, 3.8) is 0 Å². The van der Waals surface area contributed by atoms with Crippen molar-refractivity contribution in [3.05, 3.63) is 71.8 Å². The zero-order chi connectivity index (χ0) is 19.3. The highest BCUT2D eigenvalue weighted by Gasteiger charge is 2.08. The molecule has 7 nitrogen and oxygen atoms in total. The number of hydrogen-bond acceptors (Lipinski definition) is 5. The highest BCUT2D eigenvalue weighted by atomic mass is 16.5. The standard InChI is InChI=1S/C20H22N2O5/c23-18(22-13-19(24)26-14-16-7-3-1-4-8-16)11-12-21-20(25)27-15-17-9-5-2-6-10-17/h1-10H,11-15H2,(H,21,25)(H,22,23). The number of rotatable bonds is 9. The van der Waals surface area contributed by atoms with Gasteiger partial charge in [-0.2, -0.15) is 0 Å². The van der Waals surface area contributed by atoms with Crippen molar-refractivity contribution in [2.75, 3.05) is 13.1 Å². The molecule has 0 unspecified atom stereocenters. The van der Waals surface area contributed by atoms with E-state index in [1.165, 1.54) is 0 Å². The molecule has 0 aliphatic carbocycles. The van der Waals surface area contributed by atoms with Gasteiger partial charge in [0.25, 0.3) is 0 Å². The number of alkyl carbamates (subject to hydrolysis) is 1. The molecule has 0 atom stereocenters. The van der Waals surface area contributed by atoms with Gasteiger partial charge in [-0.15, -0.1) is 0 Å². The van der Waals surface area contributed by atoms with E-state index >= 15 is 0 Å². The highest BCUT2D eigenvalue weighted by Crippen LogP contribution is 2.01. The van der Waals surface area contributed by atoms with Gasteiger partial charge in [-0.05, 0) is 11.1 Å². The average Bonchev–Trinajstić information content (AvgIpc) is 2.70. The van der Waals surface area contributed by atoms with Gasteiger partial charge in [0.15, 0.2) is 0 Å². The lowest BCUT2D eigenvalue weighted by Gasteiger charge is -2.08. The number of amides is 2. The summed E-state index contributed by atoms with van der Waals surface area (Å²) in [5, 5.41) is 4.92. The van der Waals surface area contributed by atoms with Gasteiger partial charge in [-0.3, -0.25) is 9.59 Å². The number of esters is 1. The third-order valence-corrected chi connectivity index (χ3v) is 3.51. The molecule has 2 amide bonds. The second-order valence-corrected chi connectivity index (χ2v) is 5.66. The molecule has 0 heterocycles. The number of nitrogens with one attached hydrogen (secondary N) is 2. The Morgan fingerprint density at radius 3 is 1.89 bits per heavy atom. The normalized spacial score (nSPS) is 9.93. The SMILES string of the molecule is O=C(CCNC(=O)OCc1ccccc1)NCC(=O)OCc1ccccc1. The molecule has 0 radical (unpaired) electrons. The number of ether oxygens (including phenoxy) is 2. The molecule has 0 spiro atoms. The molecular formula is C20H22N2O5. The third-order valence-electron chi connectivity index (χ3n) is 3.51. The maximum absolute atomic E-state index is 11.7. The van der Waals surface area contributed by atoms with E-state index in [2.05, 4.69) is 10.6 Å². The molecule has 27 heavy (non-hydrogen) atoms. The van der Waals surface area contributed by atoms with Crippen molar-refractivity contribution in [1.29, 1.82) is 0 Å². The van der Waals surface area contributed by atoms with Crippen LogP contribution in [0, 0.1) is 0 Å². The summed E-state index contributed by atoms with van der Waals surface area (Å²) in [6, 6.07) is 18.5. The molecule has 0 aromatic heterocycles. The third kappa shape index (κ3) is 8.53. The Morgan fingerprint density at radius 1 is 0.741 bits per heavy atom. The Labute approximate surface area is 157 Å². The summed E-state index contributed by atoms with van der Waals surface area (Å²) in [6.07, 6.45) is -0.569. The van der Waals surface area contributed by atoms with Crippen LogP contribution in [-0.4, -0.2) is 31.1 Å². The van der Waals surface area contributed by atoms with Gasteiger partial charge in [0, 0.05) is 13.0 Å². The Bertz CT molecular complexity index is 735. The van der Waals surface area contributed by atoms with Crippen molar-refractivity contribution >= 4 is 18.0 Å². The van der Waals surface area contributed by atoms with Crippen LogP contribution < -0.4 is 10.6 Å². The number of benzene rings is 2. The fraction of sp³-hybridized carbons (Fsp3) is 0.250. The highest BCUT2D eigenvalue weighted by molar-refractivity contribution is 5.82. The van der Waals surface area contributed by atoms with E-state index in [0.29, 0.717) is 0 Å². The first-order valence-electron chi connectivity index (χ1n) is 8.54. The van der Waals surface area contributed by atoms with Crippen LogP contribution in [0.1, 0.15) is 17.5 Å². The van der Waals surface area contributed by atoms with Gasteiger partial charge >= 0.3 is 12.1 Å². The van der Waals surface area contributed by atoms with Crippen LogP contribution in [-0.2, 0) is 32.3 Å². The van der Waals surface area contributed by atoms with Gasteiger partial charge in [-0.1, -0.05) is 60.7 Å². The topological polar surface area (TPSA) is 93.7 Å².